The van der Waals surface area contributed by atoms with E-state index in [0.717, 1.165) is 12.1 Å². The van der Waals surface area contributed by atoms with Crippen LogP contribution in [0.3, 0.4) is 0 Å². The monoisotopic (exact) mass is 211 g/mol. The second kappa shape index (κ2) is 4.40. The van der Waals surface area contributed by atoms with E-state index in [-0.39, 0.29) is 6.17 Å². The summed E-state index contributed by atoms with van der Waals surface area (Å²) >= 11 is 0. The van der Waals surface area contributed by atoms with E-state index in [1.165, 1.54) is 32.4 Å². The van der Waals surface area contributed by atoms with Gasteiger partial charge in [0.15, 0.2) is 0 Å². The minimum Gasteiger partial charge on any atom is -0.316 e. The lowest BCUT2D eigenvalue weighted by Gasteiger charge is -2.53. The van der Waals surface area contributed by atoms with Gasteiger partial charge in [0.1, 0.15) is 0 Å². The molecule has 3 nitrogen and oxygen atoms in total. The van der Waals surface area contributed by atoms with Gasteiger partial charge in [-0.25, -0.2) is 0 Å². The third-order valence-electron chi connectivity index (χ3n) is 3.98. The van der Waals surface area contributed by atoms with E-state index in [2.05, 4.69) is 30.6 Å². The Kier molecular flexibility index (Phi) is 3.33. The molecular formula is C12H25N3. The van der Waals surface area contributed by atoms with Gasteiger partial charge in [-0.3, -0.25) is 9.80 Å². The average molecular weight is 211 g/mol. The van der Waals surface area contributed by atoms with Crippen LogP contribution >= 0.6 is 0 Å². The molecule has 2 N–H and O–H groups in total. The fourth-order valence-corrected chi connectivity index (χ4v) is 3.35. The minimum absolute atomic E-state index is 0.224. The zero-order valence-electron chi connectivity index (χ0n) is 10.3. The standard InChI is InChI=1S/C12H25N3/c1-9(2)15-11-5-4-6-12(15)8-14(7-11)10(3)13/h9-12H,4-8,13H2,1-3H3. The van der Waals surface area contributed by atoms with E-state index in [1.54, 1.807) is 0 Å². The van der Waals surface area contributed by atoms with Gasteiger partial charge < -0.3 is 5.73 Å². The Bertz CT molecular complexity index is 201. The summed E-state index contributed by atoms with van der Waals surface area (Å²) in [6, 6.07) is 2.20. The number of nitrogens with two attached hydrogens (primary N) is 1. The number of piperazine rings is 1. The van der Waals surface area contributed by atoms with Gasteiger partial charge in [-0.05, 0) is 33.6 Å². The summed E-state index contributed by atoms with van der Waals surface area (Å²) in [4.78, 5) is 5.18. The number of nitrogens with zero attached hydrogens (tertiary/aromatic N) is 2. The first kappa shape index (κ1) is 11.4. The Morgan fingerprint density at radius 2 is 1.60 bits per heavy atom. The first-order valence-electron chi connectivity index (χ1n) is 6.36. The van der Waals surface area contributed by atoms with E-state index in [0.29, 0.717) is 6.04 Å². The average Bonchev–Trinajstić information content (AvgIpc) is 2.15. The van der Waals surface area contributed by atoms with Gasteiger partial charge in [-0.1, -0.05) is 6.42 Å². The van der Waals surface area contributed by atoms with Crippen molar-refractivity contribution in [3.8, 4) is 0 Å². The van der Waals surface area contributed by atoms with E-state index in [4.69, 9.17) is 5.73 Å². The highest BCUT2D eigenvalue weighted by atomic mass is 15.3. The number of likely N-dealkylation sites (tertiary alicyclic amines) is 1. The third-order valence-corrected chi connectivity index (χ3v) is 3.98. The predicted octanol–water partition coefficient (Wildman–Crippen LogP) is 1.24. The smallest absolute Gasteiger partial charge is 0.0543 e. The Balaban J connectivity index is 2.08. The molecule has 2 saturated heterocycles. The van der Waals surface area contributed by atoms with Crippen molar-refractivity contribution in [2.45, 2.75) is 64.3 Å². The summed E-state index contributed by atoms with van der Waals surface area (Å²) in [5.74, 6) is 0. The topological polar surface area (TPSA) is 32.5 Å². The molecule has 2 aliphatic heterocycles. The normalized spacial score (nSPS) is 35.8. The largest absolute Gasteiger partial charge is 0.316 e. The molecule has 0 aliphatic carbocycles. The van der Waals surface area contributed by atoms with Crippen molar-refractivity contribution in [3.05, 3.63) is 0 Å². The van der Waals surface area contributed by atoms with Gasteiger partial charge in [-0.2, -0.15) is 0 Å². The maximum atomic E-state index is 6.00. The number of hydrogen-bond donors (Lipinski definition) is 1. The summed E-state index contributed by atoms with van der Waals surface area (Å²) in [5, 5.41) is 0. The fourth-order valence-electron chi connectivity index (χ4n) is 3.35. The summed E-state index contributed by atoms with van der Waals surface area (Å²) in [6.07, 6.45) is 4.35. The van der Waals surface area contributed by atoms with Crippen LogP contribution in [0.25, 0.3) is 0 Å². The maximum Gasteiger partial charge on any atom is 0.0543 e. The van der Waals surface area contributed by atoms with Crippen LogP contribution < -0.4 is 5.73 Å². The minimum atomic E-state index is 0.224. The molecule has 3 unspecified atom stereocenters. The highest BCUT2D eigenvalue weighted by Gasteiger charge is 2.38. The van der Waals surface area contributed by atoms with Crippen molar-refractivity contribution in [3.63, 3.8) is 0 Å². The van der Waals surface area contributed by atoms with Gasteiger partial charge in [0, 0.05) is 31.2 Å². The Morgan fingerprint density at radius 3 is 2.00 bits per heavy atom. The van der Waals surface area contributed by atoms with Gasteiger partial charge in [-0.15, -0.1) is 0 Å². The second-order valence-electron chi connectivity index (χ2n) is 5.47. The number of rotatable bonds is 2. The molecule has 2 aliphatic rings. The van der Waals surface area contributed by atoms with Crippen LogP contribution in [0.4, 0.5) is 0 Å². The van der Waals surface area contributed by atoms with Gasteiger partial charge >= 0.3 is 0 Å². The van der Waals surface area contributed by atoms with Crippen molar-refractivity contribution in [2.75, 3.05) is 13.1 Å². The Hall–Kier alpha value is -0.120. The molecule has 0 saturated carbocycles. The van der Waals surface area contributed by atoms with Gasteiger partial charge in [0.2, 0.25) is 0 Å². The van der Waals surface area contributed by atoms with Crippen LogP contribution in [0, 0.1) is 0 Å². The number of piperidine rings is 1. The molecule has 15 heavy (non-hydrogen) atoms. The summed E-state index contributed by atoms with van der Waals surface area (Å²) in [7, 11) is 0. The van der Waals surface area contributed by atoms with Gasteiger partial charge in [0.05, 0.1) is 6.17 Å². The lowest BCUT2D eigenvalue weighted by molar-refractivity contribution is -0.0401. The molecule has 3 atom stereocenters. The molecule has 3 heteroatoms. The maximum absolute atomic E-state index is 6.00. The second-order valence-corrected chi connectivity index (χ2v) is 5.47. The van der Waals surface area contributed by atoms with E-state index in [9.17, 15) is 0 Å². The Morgan fingerprint density at radius 1 is 1.07 bits per heavy atom. The van der Waals surface area contributed by atoms with E-state index < -0.39 is 0 Å². The molecule has 0 amide bonds. The van der Waals surface area contributed by atoms with Crippen LogP contribution in [0.2, 0.25) is 0 Å². The molecule has 2 rings (SSSR count). The summed E-state index contributed by atoms with van der Waals surface area (Å²) < 4.78 is 0. The number of fused-ring (bicyclic) bond motifs is 2. The fraction of sp³-hybridized carbons (Fsp3) is 1.00. The molecule has 2 fully saturated rings. The molecular weight excluding hydrogens is 186 g/mol. The molecule has 2 heterocycles. The van der Waals surface area contributed by atoms with Crippen molar-refractivity contribution in [1.29, 1.82) is 0 Å². The zero-order chi connectivity index (χ0) is 11.0. The van der Waals surface area contributed by atoms with Crippen LogP contribution in [0.1, 0.15) is 40.0 Å². The molecule has 88 valence electrons. The van der Waals surface area contributed by atoms with Crippen molar-refractivity contribution >= 4 is 0 Å². The molecule has 0 aromatic heterocycles. The molecule has 0 aromatic carbocycles. The third kappa shape index (κ3) is 2.19. The van der Waals surface area contributed by atoms with Crippen molar-refractivity contribution < 1.29 is 0 Å². The van der Waals surface area contributed by atoms with Crippen molar-refractivity contribution in [2.24, 2.45) is 5.73 Å². The zero-order valence-corrected chi connectivity index (χ0v) is 10.3. The van der Waals surface area contributed by atoms with Gasteiger partial charge in [0.25, 0.3) is 0 Å². The van der Waals surface area contributed by atoms with Crippen LogP contribution in [0.5, 0.6) is 0 Å². The van der Waals surface area contributed by atoms with E-state index >= 15 is 0 Å². The molecule has 0 radical (unpaired) electrons. The van der Waals surface area contributed by atoms with Crippen LogP contribution in [0.15, 0.2) is 0 Å². The first-order valence-corrected chi connectivity index (χ1v) is 6.36. The van der Waals surface area contributed by atoms with Crippen LogP contribution in [-0.2, 0) is 0 Å². The highest BCUT2D eigenvalue weighted by Crippen LogP contribution is 2.30. The molecule has 0 spiro atoms. The SMILES string of the molecule is CC(N)N1CC2CCCC(C1)N2C(C)C. The van der Waals surface area contributed by atoms with Crippen molar-refractivity contribution in [1.82, 2.24) is 9.80 Å². The molecule has 2 bridgehead atoms. The predicted molar refractivity (Wildman–Crippen MR) is 63.6 cm³/mol. The Labute approximate surface area is 93.6 Å². The lowest BCUT2D eigenvalue weighted by Crippen LogP contribution is -2.64. The first-order chi connectivity index (χ1) is 7.09. The van der Waals surface area contributed by atoms with Crippen LogP contribution in [-0.4, -0.2) is 47.2 Å². The summed E-state index contributed by atoms with van der Waals surface area (Å²) in [5.41, 5.74) is 6.00. The highest BCUT2D eigenvalue weighted by molar-refractivity contribution is 4.95. The summed E-state index contributed by atoms with van der Waals surface area (Å²) in [6.45, 7) is 9.11. The molecule has 0 aromatic rings. The quantitative estimate of drug-likeness (QED) is 0.746. The van der Waals surface area contributed by atoms with E-state index in [1.807, 2.05) is 0 Å². The lowest BCUT2D eigenvalue weighted by atomic mass is 9.89. The number of hydrogen-bond acceptors (Lipinski definition) is 3.